The first kappa shape index (κ1) is 16.4. The summed E-state index contributed by atoms with van der Waals surface area (Å²) in [6.45, 7) is 0. The zero-order chi connectivity index (χ0) is 17.8. The minimum Gasteiger partial charge on any atom is -0.345 e. The number of nitrogens with zero attached hydrogens (tertiary/aromatic N) is 2. The van der Waals surface area contributed by atoms with Crippen LogP contribution >= 0.6 is 0 Å². The van der Waals surface area contributed by atoms with Crippen LogP contribution in [0.15, 0.2) is 55.0 Å². The van der Waals surface area contributed by atoms with E-state index in [1.807, 2.05) is 18.3 Å². The number of aromatic nitrogens is 2. The highest BCUT2D eigenvalue weighted by atomic mass is 19.1. The van der Waals surface area contributed by atoms with Crippen LogP contribution in [-0.4, -0.2) is 21.9 Å². The Hall–Kier alpha value is -3.48. The summed E-state index contributed by atoms with van der Waals surface area (Å²) in [4.78, 5) is 27.0. The molecule has 126 valence electrons. The Morgan fingerprint density at radius 2 is 1.80 bits per heavy atom. The summed E-state index contributed by atoms with van der Waals surface area (Å²) >= 11 is 0. The van der Waals surface area contributed by atoms with Crippen LogP contribution in [0.25, 0.3) is 22.3 Å². The largest absolute Gasteiger partial charge is 0.345 e. The fraction of sp³-hybridized carbons (Fsp3) is 0.0556. The Labute approximate surface area is 143 Å². The van der Waals surface area contributed by atoms with Crippen LogP contribution in [0.4, 0.5) is 4.39 Å². The minimum absolute atomic E-state index is 0.341. The minimum atomic E-state index is -0.478. The van der Waals surface area contributed by atoms with Gasteiger partial charge in [0.1, 0.15) is 11.5 Å². The van der Waals surface area contributed by atoms with Gasteiger partial charge in [0.25, 0.3) is 5.91 Å². The van der Waals surface area contributed by atoms with Gasteiger partial charge in [-0.3, -0.25) is 25.4 Å². The van der Waals surface area contributed by atoms with Gasteiger partial charge >= 0.3 is 0 Å². The third-order valence-electron chi connectivity index (χ3n) is 3.77. The quantitative estimate of drug-likeness (QED) is 0.553. The van der Waals surface area contributed by atoms with Crippen LogP contribution < -0.4 is 10.9 Å². The smallest absolute Gasteiger partial charge is 0.286 e. The highest BCUT2D eigenvalue weighted by Crippen LogP contribution is 2.36. The van der Waals surface area contributed by atoms with Crippen molar-refractivity contribution in [2.45, 2.75) is 0 Å². The predicted molar refractivity (Wildman–Crippen MR) is 90.7 cm³/mol. The molecule has 0 saturated heterocycles. The number of pyridine rings is 1. The maximum atomic E-state index is 13.3. The van der Waals surface area contributed by atoms with Gasteiger partial charge in [0, 0.05) is 36.8 Å². The fourth-order valence-corrected chi connectivity index (χ4v) is 2.71. The number of aryl methyl sites for hydroxylation is 1. The monoisotopic (exact) mass is 338 g/mol. The lowest BCUT2D eigenvalue weighted by molar-refractivity contribution is -0.110. The first-order valence-corrected chi connectivity index (χ1v) is 7.47. The first-order valence-electron chi connectivity index (χ1n) is 7.47. The van der Waals surface area contributed by atoms with E-state index in [1.54, 1.807) is 36.1 Å². The van der Waals surface area contributed by atoms with Gasteiger partial charge in [0.05, 0.1) is 0 Å². The molecule has 2 N–H and O–H groups in total. The molecule has 0 radical (unpaired) electrons. The SMILES string of the molecule is Cn1cc(-c2ccncc2)c(-c2ccc(F)cc2)c1C(=O)NNC=O. The molecule has 0 atom stereocenters. The van der Waals surface area contributed by atoms with Gasteiger partial charge in [-0.2, -0.15) is 0 Å². The van der Waals surface area contributed by atoms with Gasteiger partial charge in [-0.05, 0) is 35.4 Å². The van der Waals surface area contributed by atoms with Crippen molar-refractivity contribution in [2.24, 2.45) is 7.05 Å². The van der Waals surface area contributed by atoms with E-state index < -0.39 is 5.91 Å². The average Bonchev–Trinajstić information content (AvgIpc) is 2.98. The van der Waals surface area contributed by atoms with Crippen LogP contribution in [0.5, 0.6) is 0 Å². The van der Waals surface area contributed by atoms with Crippen molar-refractivity contribution in [2.75, 3.05) is 0 Å². The van der Waals surface area contributed by atoms with E-state index in [1.165, 1.54) is 12.1 Å². The highest BCUT2D eigenvalue weighted by Gasteiger charge is 2.22. The van der Waals surface area contributed by atoms with Crippen LogP contribution in [0.1, 0.15) is 10.5 Å². The van der Waals surface area contributed by atoms with Gasteiger partial charge in [-0.25, -0.2) is 4.39 Å². The Bertz CT molecular complexity index is 905. The van der Waals surface area contributed by atoms with Crippen molar-refractivity contribution in [3.05, 3.63) is 66.5 Å². The second-order valence-corrected chi connectivity index (χ2v) is 5.34. The Balaban J connectivity index is 2.21. The van der Waals surface area contributed by atoms with E-state index in [9.17, 15) is 14.0 Å². The van der Waals surface area contributed by atoms with Crippen LogP contribution in [0.3, 0.4) is 0 Å². The number of carbonyl (C=O) groups excluding carboxylic acids is 2. The molecule has 0 aliphatic rings. The van der Waals surface area contributed by atoms with Crippen LogP contribution in [-0.2, 0) is 11.8 Å². The number of amides is 2. The van der Waals surface area contributed by atoms with Gasteiger partial charge in [-0.1, -0.05) is 12.1 Å². The number of nitrogens with one attached hydrogen (secondary N) is 2. The molecule has 25 heavy (non-hydrogen) atoms. The summed E-state index contributed by atoms with van der Waals surface area (Å²) in [5.74, 6) is -0.840. The number of hydrogen-bond donors (Lipinski definition) is 2. The molecule has 6 nitrogen and oxygen atoms in total. The summed E-state index contributed by atoms with van der Waals surface area (Å²) in [6, 6.07) is 9.55. The molecule has 3 rings (SSSR count). The normalized spacial score (nSPS) is 10.3. The molecule has 3 aromatic rings. The number of hydrazine groups is 1. The molecule has 0 unspecified atom stereocenters. The molecule has 7 heteroatoms. The fourth-order valence-electron chi connectivity index (χ4n) is 2.71. The number of rotatable bonds is 5. The molecule has 0 aliphatic carbocycles. The number of carbonyl (C=O) groups is 2. The lowest BCUT2D eigenvalue weighted by atomic mass is 9.97. The highest BCUT2D eigenvalue weighted by molar-refractivity contribution is 6.04. The maximum Gasteiger partial charge on any atom is 0.286 e. The van der Waals surface area contributed by atoms with E-state index in [2.05, 4.69) is 15.8 Å². The lowest BCUT2D eigenvalue weighted by Gasteiger charge is -2.10. The number of hydrogen-bond acceptors (Lipinski definition) is 3. The van der Waals surface area contributed by atoms with Crippen molar-refractivity contribution in [1.29, 1.82) is 0 Å². The number of halogens is 1. The molecule has 2 amide bonds. The zero-order valence-corrected chi connectivity index (χ0v) is 13.4. The van der Waals surface area contributed by atoms with Crippen molar-refractivity contribution >= 4 is 12.3 Å². The molecule has 0 bridgehead atoms. The molecule has 1 aromatic carbocycles. The van der Waals surface area contributed by atoms with Crippen molar-refractivity contribution in [3.8, 4) is 22.3 Å². The maximum absolute atomic E-state index is 13.3. The molecular formula is C18H15FN4O2. The molecular weight excluding hydrogens is 323 g/mol. The van der Waals surface area contributed by atoms with E-state index in [0.717, 1.165) is 11.1 Å². The Morgan fingerprint density at radius 1 is 1.12 bits per heavy atom. The topological polar surface area (TPSA) is 76.0 Å². The van der Waals surface area contributed by atoms with Crippen molar-refractivity contribution in [3.63, 3.8) is 0 Å². The average molecular weight is 338 g/mol. The second kappa shape index (κ2) is 6.96. The first-order chi connectivity index (χ1) is 12.1. The Kier molecular flexibility index (Phi) is 4.56. The van der Waals surface area contributed by atoms with Crippen molar-refractivity contribution < 1.29 is 14.0 Å². The molecule has 0 spiro atoms. The predicted octanol–water partition coefficient (Wildman–Crippen LogP) is 2.28. The molecule has 0 saturated carbocycles. The summed E-state index contributed by atoms with van der Waals surface area (Å²) in [5, 5.41) is 0. The summed E-state index contributed by atoms with van der Waals surface area (Å²) in [6.07, 6.45) is 5.50. The zero-order valence-electron chi connectivity index (χ0n) is 13.4. The van der Waals surface area contributed by atoms with E-state index >= 15 is 0 Å². The van der Waals surface area contributed by atoms with Crippen LogP contribution in [0.2, 0.25) is 0 Å². The summed E-state index contributed by atoms with van der Waals surface area (Å²) in [7, 11) is 1.73. The van der Waals surface area contributed by atoms with Crippen molar-refractivity contribution in [1.82, 2.24) is 20.4 Å². The molecule has 0 fully saturated rings. The van der Waals surface area contributed by atoms with Crippen LogP contribution in [0, 0.1) is 5.82 Å². The molecule has 2 heterocycles. The Morgan fingerprint density at radius 3 is 2.44 bits per heavy atom. The molecule has 0 aliphatic heterocycles. The summed E-state index contributed by atoms with van der Waals surface area (Å²) in [5.41, 5.74) is 7.79. The standard InChI is InChI=1S/C18H15FN4O2/c1-23-10-15(12-6-8-20-9-7-12)16(13-2-4-14(19)5-3-13)17(23)18(25)22-21-11-24/h2-11H,1H3,(H,21,24)(H,22,25). The third kappa shape index (κ3) is 3.25. The van der Waals surface area contributed by atoms with Gasteiger partial charge < -0.3 is 4.57 Å². The van der Waals surface area contributed by atoms with E-state index in [4.69, 9.17) is 0 Å². The van der Waals surface area contributed by atoms with Gasteiger partial charge in [0.15, 0.2) is 0 Å². The molecule has 2 aromatic heterocycles. The number of benzene rings is 1. The van der Waals surface area contributed by atoms with Gasteiger partial charge in [-0.15, -0.1) is 0 Å². The van der Waals surface area contributed by atoms with E-state index in [-0.39, 0.29) is 5.82 Å². The third-order valence-corrected chi connectivity index (χ3v) is 3.77. The summed E-state index contributed by atoms with van der Waals surface area (Å²) < 4.78 is 15.0. The van der Waals surface area contributed by atoms with Gasteiger partial charge in [0.2, 0.25) is 6.41 Å². The lowest BCUT2D eigenvalue weighted by Crippen LogP contribution is -2.37. The van der Waals surface area contributed by atoms with E-state index in [0.29, 0.717) is 23.2 Å². The second-order valence-electron chi connectivity index (χ2n) is 5.34.